The number of benzene rings is 2. The Hall–Kier alpha value is -1.83. The summed E-state index contributed by atoms with van der Waals surface area (Å²) in [6.07, 6.45) is 2.17. The van der Waals surface area contributed by atoms with E-state index in [2.05, 4.69) is 36.4 Å². The molecule has 0 aromatic heterocycles. The van der Waals surface area contributed by atoms with E-state index in [1.54, 1.807) is 0 Å². The maximum atomic E-state index is 11.0. The van der Waals surface area contributed by atoms with E-state index in [9.17, 15) is 4.79 Å². The van der Waals surface area contributed by atoms with Crippen molar-refractivity contribution in [3.05, 3.63) is 47.5 Å². The summed E-state index contributed by atoms with van der Waals surface area (Å²) in [5, 5.41) is 2.58. The zero-order chi connectivity index (χ0) is 12.5. The van der Waals surface area contributed by atoms with Crippen molar-refractivity contribution in [2.45, 2.75) is 25.7 Å². The lowest BCUT2D eigenvalue weighted by molar-refractivity contribution is -0.141. The lowest BCUT2D eigenvalue weighted by atomic mass is 9.95. The molecule has 0 N–H and O–H groups in total. The summed E-state index contributed by atoms with van der Waals surface area (Å²) in [4.78, 5) is 11.0. The molecular weight excluding hydrogens is 224 g/mol. The van der Waals surface area contributed by atoms with E-state index < -0.39 is 0 Å². The molecule has 1 atom stereocenters. The molecule has 1 unspecified atom stereocenters. The number of esters is 1. The standard InChI is InChI=1S/C16H16O2/c1-11(17)18-10-14-9-8-13-7-6-12-4-2-3-5-15(12)16(13)14/h2-7,14H,8-10H2,1H3. The second kappa shape index (κ2) is 4.45. The van der Waals surface area contributed by atoms with Crippen molar-refractivity contribution < 1.29 is 9.53 Å². The number of aryl methyl sites for hydroxylation is 1. The number of rotatable bonds is 2. The SMILES string of the molecule is CC(=O)OCC1CCc2ccc3ccccc3c21. The first-order valence-electron chi connectivity index (χ1n) is 6.39. The van der Waals surface area contributed by atoms with Crippen LogP contribution in [0.3, 0.4) is 0 Å². The number of fused-ring (bicyclic) bond motifs is 3. The highest BCUT2D eigenvalue weighted by Gasteiger charge is 2.25. The summed E-state index contributed by atoms with van der Waals surface area (Å²) in [6, 6.07) is 12.8. The maximum Gasteiger partial charge on any atom is 0.302 e. The van der Waals surface area contributed by atoms with Crippen molar-refractivity contribution in [2.24, 2.45) is 0 Å². The molecule has 2 nitrogen and oxygen atoms in total. The topological polar surface area (TPSA) is 26.3 Å². The quantitative estimate of drug-likeness (QED) is 0.752. The zero-order valence-corrected chi connectivity index (χ0v) is 10.5. The predicted molar refractivity (Wildman–Crippen MR) is 71.6 cm³/mol. The van der Waals surface area contributed by atoms with E-state index in [-0.39, 0.29) is 5.97 Å². The monoisotopic (exact) mass is 240 g/mol. The number of ether oxygens (including phenoxy) is 1. The normalized spacial score (nSPS) is 17.7. The molecule has 18 heavy (non-hydrogen) atoms. The molecule has 0 radical (unpaired) electrons. The molecule has 2 aromatic rings. The molecule has 1 aliphatic carbocycles. The van der Waals surface area contributed by atoms with Gasteiger partial charge in [0.2, 0.25) is 0 Å². The molecule has 0 heterocycles. The lowest BCUT2D eigenvalue weighted by Gasteiger charge is -2.14. The van der Waals surface area contributed by atoms with Gasteiger partial charge in [-0.25, -0.2) is 0 Å². The molecule has 92 valence electrons. The first kappa shape index (κ1) is 11.3. The van der Waals surface area contributed by atoms with Crippen molar-refractivity contribution in [3.8, 4) is 0 Å². The van der Waals surface area contributed by atoms with Crippen LogP contribution in [0.4, 0.5) is 0 Å². The summed E-state index contributed by atoms with van der Waals surface area (Å²) in [5.41, 5.74) is 2.79. The summed E-state index contributed by atoms with van der Waals surface area (Å²) >= 11 is 0. The second-order valence-electron chi connectivity index (χ2n) is 4.90. The van der Waals surface area contributed by atoms with Gasteiger partial charge in [-0.15, -0.1) is 0 Å². The van der Waals surface area contributed by atoms with Crippen LogP contribution >= 0.6 is 0 Å². The highest BCUT2D eigenvalue weighted by Crippen LogP contribution is 2.38. The van der Waals surface area contributed by atoms with Gasteiger partial charge in [0.25, 0.3) is 0 Å². The number of hydrogen-bond donors (Lipinski definition) is 0. The third-order valence-corrected chi connectivity index (χ3v) is 3.72. The van der Waals surface area contributed by atoms with E-state index >= 15 is 0 Å². The van der Waals surface area contributed by atoms with Crippen LogP contribution in [0, 0.1) is 0 Å². The first-order valence-corrected chi connectivity index (χ1v) is 6.39. The van der Waals surface area contributed by atoms with E-state index in [0.29, 0.717) is 12.5 Å². The summed E-state index contributed by atoms with van der Waals surface area (Å²) < 4.78 is 5.19. The van der Waals surface area contributed by atoms with Crippen molar-refractivity contribution >= 4 is 16.7 Å². The molecule has 3 rings (SSSR count). The van der Waals surface area contributed by atoms with Gasteiger partial charge in [0.15, 0.2) is 0 Å². The molecule has 0 fully saturated rings. The Balaban J connectivity index is 2.02. The fourth-order valence-electron chi connectivity index (χ4n) is 2.90. The van der Waals surface area contributed by atoms with Gasteiger partial charge in [-0.1, -0.05) is 36.4 Å². The van der Waals surface area contributed by atoms with Crippen LogP contribution in [0.1, 0.15) is 30.4 Å². The van der Waals surface area contributed by atoms with Gasteiger partial charge >= 0.3 is 5.97 Å². The molecule has 2 aromatic carbocycles. The second-order valence-corrected chi connectivity index (χ2v) is 4.90. The third kappa shape index (κ3) is 1.88. The minimum Gasteiger partial charge on any atom is -0.465 e. The van der Waals surface area contributed by atoms with Crippen LogP contribution in [-0.2, 0) is 16.0 Å². The Labute approximate surface area is 107 Å². The van der Waals surface area contributed by atoms with Gasteiger partial charge in [0.1, 0.15) is 0 Å². The van der Waals surface area contributed by atoms with E-state index in [0.717, 1.165) is 12.8 Å². The number of hydrogen-bond acceptors (Lipinski definition) is 2. The summed E-state index contributed by atoms with van der Waals surface area (Å²) in [7, 11) is 0. The molecule has 0 aliphatic heterocycles. The Kier molecular flexibility index (Phi) is 2.78. The van der Waals surface area contributed by atoms with Crippen LogP contribution in [0.5, 0.6) is 0 Å². The molecule has 1 aliphatic rings. The van der Waals surface area contributed by atoms with Gasteiger partial charge in [0, 0.05) is 12.8 Å². The lowest BCUT2D eigenvalue weighted by Crippen LogP contribution is -2.08. The van der Waals surface area contributed by atoms with Crippen LogP contribution in [-0.4, -0.2) is 12.6 Å². The average Bonchev–Trinajstić information content (AvgIpc) is 2.80. The summed E-state index contributed by atoms with van der Waals surface area (Å²) in [6.45, 7) is 1.98. The number of carbonyl (C=O) groups is 1. The largest absolute Gasteiger partial charge is 0.465 e. The van der Waals surface area contributed by atoms with Crippen molar-refractivity contribution in [1.82, 2.24) is 0 Å². The maximum absolute atomic E-state index is 11.0. The minimum atomic E-state index is -0.191. The fourth-order valence-corrected chi connectivity index (χ4v) is 2.90. The average molecular weight is 240 g/mol. The molecule has 2 heteroatoms. The van der Waals surface area contributed by atoms with E-state index in [1.165, 1.54) is 28.8 Å². The molecule has 0 saturated carbocycles. The van der Waals surface area contributed by atoms with Crippen molar-refractivity contribution in [2.75, 3.05) is 6.61 Å². The minimum absolute atomic E-state index is 0.191. The van der Waals surface area contributed by atoms with Gasteiger partial charge in [-0.3, -0.25) is 4.79 Å². The van der Waals surface area contributed by atoms with Crippen LogP contribution in [0.25, 0.3) is 10.8 Å². The zero-order valence-electron chi connectivity index (χ0n) is 10.5. The Bertz CT molecular complexity index is 601. The first-order chi connectivity index (χ1) is 8.75. The van der Waals surface area contributed by atoms with E-state index in [4.69, 9.17) is 4.74 Å². The molecule has 0 spiro atoms. The van der Waals surface area contributed by atoms with Gasteiger partial charge < -0.3 is 4.74 Å². The Morgan fingerprint density at radius 2 is 2.11 bits per heavy atom. The van der Waals surface area contributed by atoms with Crippen molar-refractivity contribution in [1.29, 1.82) is 0 Å². The van der Waals surface area contributed by atoms with Gasteiger partial charge in [0.05, 0.1) is 6.61 Å². The fraction of sp³-hybridized carbons (Fsp3) is 0.312. The Morgan fingerprint density at radius 3 is 2.94 bits per heavy atom. The number of carbonyl (C=O) groups excluding carboxylic acids is 1. The smallest absolute Gasteiger partial charge is 0.302 e. The molecular formula is C16H16O2. The Morgan fingerprint density at radius 1 is 1.28 bits per heavy atom. The van der Waals surface area contributed by atoms with Crippen LogP contribution < -0.4 is 0 Å². The molecule has 0 bridgehead atoms. The molecule has 0 saturated heterocycles. The van der Waals surface area contributed by atoms with Crippen LogP contribution in [0.2, 0.25) is 0 Å². The highest BCUT2D eigenvalue weighted by atomic mass is 16.5. The van der Waals surface area contributed by atoms with Gasteiger partial charge in [-0.05, 0) is 34.7 Å². The van der Waals surface area contributed by atoms with Crippen LogP contribution in [0.15, 0.2) is 36.4 Å². The van der Waals surface area contributed by atoms with Gasteiger partial charge in [-0.2, -0.15) is 0 Å². The molecule has 0 amide bonds. The third-order valence-electron chi connectivity index (χ3n) is 3.72. The highest BCUT2D eigenvalue weighted by molar-refractivity contribution is 5.87. The summed E-state index contributed by atoms with van der Waals surface area (Å²) in [5.74, 6) is 0.165. The predicted octanol–water partition coefficient (Wildman–Crippen LogP) is 3.43. The van der Waals surface area contributed by atoms with E-state index in [1.807, 2.05) is 0 Å². The van der Waals surface area contributed by atoms with Crippen molar-refractivity contribution in [3.63, 3.8) is 0 Å².